The molecule has 1 amide bonds. The number of nitrogens with zero attached hydrogens (tertiary/aromatic N) is 1. The van der Waals surface area contributed by atoms with Crippen LogP contribution in [0.3, 0.4) is 0 Å². The van der Waals surface area contributed by atoms with E-state index in [0.29, 0.717) is 13.1 Å². The van der Waals surface area contributed by atoms with Crippen LogP contribution < -0.4 is 16.4 Å². The van der Waals surface area contributed by atoms with Crippen LogP contribution in [0.15, 0.2) is 0 Å². The van der Waals surface area contributed by atoms with Crippen LogP contribution in [0.2, 0.25) is 0 Å². The topological polar surface area (TPSA) is 65.6 Å². The second-order valence-corrected chi connectivity index (χ2v) is 8.92. The molecule has 0 aromatic rings. The van der Waals surface area contributed by atoms with E-state index in [4.69, 9.17) is 4.74 Å². The van der Waals surface area contributed by atoms with Gasteiger partial charge in [0.15, 0.2) is 0 Å². The molecule has 8 heteroatoms. The Bertz CT molecular complexity index is 516. The van der Waals surface area contributed by atoms with Gasteiger partial charge in [0.05, 0.1) is 12.6 Å². The molecule has 162 valence electrons. The fourth-order valence-electron chi connectivity index (χ4n) is 4.93. The standard InChI is InChI=1S/C20H36F2N4O2/c1-15(2)28-17-11-12-26(14-20(17,21)22)18(27)19(13-23-25-24-19)16-9-7-5-3-4-6-8-10-16/h15-17,23-25H,3-14H2,1-2H3/t17-,19?/m0/s1. The zero-order valence-electron chi connectivity index (χ0n) is 17.2. The highest BCUT2D eigenvalue weighted by atomic mass is 19.3. The van der Waals surface area contributed by atoms with Crippen LogP contribution in [0.1, 0.15) is 71.6 Å². The quantitative estimate of drug-likeness (QED) is 0.675. The van der Waals surface area contributed by atoms with Gasteiger partial charge < -0.3 is 9.64 Å². The third-order valence-corrected chi connectivity index (χ3v) is 6.43. The molecule has 0 radical (unpaired) electrons. The number of alkyl halides is 2. The van der Waals surface area contributed by atoms with Gasteiger partial charge in [-0.15, -0.1) is 0 Å². The SMILES string of the molecule is CC(C)O[C@H]1CCN(C(=O)C2(C3CCCCCCCC3)CNNN2)CC1(F)F. The minimum atomic E-state index is -3.03. The lowest BCUT2D eigenvalue weighted by atomic mass is 9.77. The monoisotopic (exact) mass is 402 g/mol. The highest BCUT2D eigenvalue weighted by Gasteiger charge is 2.54. The van der Waals surface area contributed by atoms with Crippen LogP contribution in [-0.2, 0) is 9.53 Å². The molecule has 0 aromatic carbocycles. The van der Waals surface area contributed by atoms with Crippen molar-refractivity contribution in [2.24, 2.45) is 5.92 Å². The Balaban J connectivity index is 1.74. The zero-order chi connectivity index (χ0) is 20.2. The molecule has 3 rings (SSSR count). The number of rotatable bonds is 4. The van der Waals surface area contributed by atoms with Crippen molar-refractivity contribution in [3.63, 3.8) is 0 Å². The van der Waals surface area contributed by atoms with Gasteiger partial charge in [0, 0.05) is 13.1 Å². The molecule has 1 saturated carbocycles. The molecule has 3 N–H and O–H groups in total. The Labute approximate surface area is 167 Å². The lowest BCUT2D eigenvalue weighted by Gasteiger charge is -2.44. The largest absolute Gasteiger partial charge is 0.369 e. The minimum absolute atomic E-state index is 0.138. The Morgan fingerprint density at radius 1 is 1.07 bits per heavy atom. The Kier molecular flexibility index (Phi) is 7.28. The summed E-state index contributed by atoms with van der Waals surface area (Å²) in [5, 5.41) is 0. The van der Waals surface area contributed by atoms with Gasteiger partial charge in [-0.2, -0.15) is 5.53 Å². The summed E-state index contributed by atoms with van der Waals surface area (Å²) >= 11 is 0. The predicted octanol–water partition coefficient (Wildman–Crippen LogP) is 2.75. The summed E-state index contributed by atoms with van der Waals surface area (Å²) in [6.45, 7) is 3.69. The second-order valence-electron chi connectivity index (χ2n) is 8.92. The maximum Gasteiger partial charge on any atom is 0.290 e. The zero-order valence-corrected chi connectivity index (χ0v) is 17.2. The second kappa shape index (κ2) is 9.32. The number of hydrogen-bond donors (Lipinski definition) is 3. The molecule has 1 aliphatic carbocycles. The third-order valence-electron chi connectivity index (χ3n) is 6.43. The molecule has 2 heterocycles. The molecule has 2 atom stereocenters. The van der Waals surface area contributed by atoms with Gasteiger partial charge in [-0.25, -0.2) is 19.6 Å². The molecule has 0 spiro atoms. The third kappa shape index (κ3) is 4.83. The fraction of sp³-hybridized carbons (Fsp3) is 0.950. The number of hydrazine groups is 2. The van der Waals surface area contributed by atoms with Crippen LogP contribution in [0, 0.1) is 5.92 Å². The van der Waals surface area contributed by atoms with Crippen molar-refractivity contribution in [2.45, 2.75) is 95.3 Å². The van der Waals surface area contributed by atoms with Gasteiger partial charge in [0.25, 0.3) is 5.92 Å². The molecule has 2 aliphatic heterocycles. The molecule has 3 aliphatic rings. The Morgan fingerprint density at radius 2 is 1.71 bits per heavy atom. The highest BCUT2D eigenvalue weighted by molar-refractivity contribution is 5.87. The number of piperidine rings is 1. The Hall–Kier alpha value is -0.830. The lowest BCUT2D eigenvalue weighted by Crippen LogP contribution is -2.66. The number of halogens is 2. The van der Waals surface area contributed by atoms with E-state index in [9.17, 15) is 13.6 Å². The van der Waals surface area contributed by atoms with E-state index in [0.717, 1.165) is 25.7 Å². The molecular formula is C20H36F2N4O2. The summed E-state index contributed by atoms with van der Waals surface area (Å²) in [6.07, 6.45) is 7.70. The average molecular weight is 403 g/mol. The van der Waals surface area contributed by atoms with E-state index in [2.05, 4.69) is 16.4 Å². The van der Waals surface area contributed by atoms with E-state index in [1.165, 1.54) is 30.6 Å². The van der Waals surface area contributed by atoms with Crippen molar-refractivity contribution in [3.05, 3.63) is 0 Å². The molecule has 0 aromatic heterocycles. The maximum absolute atomic E-state index is 14.7. The average Bonchev–Trinajstić information content (AvgIpc) is 3.16. The van der Waals surface area contributed by atoms with Gasteiger partial charge in [-0.3, -0.25) is 4.79 Å². The van der Waals surface area contributed by atoms with Crippen molar-refractivity contribution >= 4 is 5.91 Å². The van der Waals surface area contributed by atoms with Gasteiger partial charge in [-0.05, 0) is 39.0 Å². The lowest BCUT2D eigenvalue weighted by molar-refractivity contribution is -0.192. The molecule has 6 nitrogen and oxygen atoms in total. The number of amides is 1. The molecule has 0 bridgehead atoms. The maximum atomic E-state index is 14.7. The fourth-order valence-corrected chi connectivity index (χ4v) is 4.93. The van der Waals surface area contributed by atoms with Crippen LogP contribution in [0.25, 0.3) is 0 Å². The first-order chi connectivity index (χ1) is 13.3. The van der Waals surface area contributed by atoms with E-state index in [-0.39, 0.29) is 24.3 Å². The van der Waals surface area contributed by atoms with Crippen molar-refractivity contribution < 1.29 is 18.3 Å². The molecule has 3 fully saturated rings. The Morgan fingerprint density at radius 3 is 2.25 bits per heavy atom. The first-order valence-electron chi connectivity index (χ1n) is 10.9. The molecule has 1 unspecified atom stereocenters. The van der Waals surface area contributed by atoms with Crippen LogP contribution in [-0.4, -0.2) is 54.1 Å². The number of ether oxygens (including phenoxy) is 1. The number of hydrogen-bond acceptors (Lipinski definition) is 5. The highest BCUT2D eigenvalue weighted by Crippen LogP contribution is 2.36. The van der Waals surface area contributed by atoms with Crippen LogP contribution >= 0.6 is 0 Å². The predicted molar refractivity (Wildman–Crippen MR) is 104 cm³/mol. The van der Waals surface area contributed by atoms with Crippen LogP contribution in [0.5, 0.6) is 0 Å². The minimum Gasteiger partial charge on any atom is -0.369 e. The summed E-state index contributed by atoms with van der Waals surface area (Å²) in [6, 6.07) is 0. The summed E-state index contributed by atoms with van der Waals surface area (Å²) in [4.78, 5) is 14.9. The van der Waals surface area contributed by atoms with Crippen molar-refractivity contribution in [1.29, 1.82) is 0 Å². The first-order valence-corrected chi connectivity index (χ1v) is 10.9. The van der Waals surface area contributed by atoms with Gasteiger partial charge in [-0.1, -0.05) is 38.5 Å². The first kappa shape index (κ1) is 21.9. The van der Waals surface area contributed by atoms with Crippen LogP contribution in [0.4, 0.5) is 8.78 Å². The number of carbonyl (C=O) groups excluding carboxylic acids is 1. The van der Waals surface area contributed by atoms with Gasteiger partial charge in [0.1, 0.15) is 11.6 Å². The van der Waals surface area contributed by atoms with Crippen molar-refractivity contribution in [1.82, 2.24) is 21.3 Å². The smallest absolute Gasteiger partial charge is 0.290 e. The summed E-state index contributed by atoms with van der Waals surface area (Å²) in [5.74, 6) is -3.10. The van der Waals surface area contributed by atoms with E-state index in [1.807, 2.05) is 0 Å². The summed E-state index contributed by atoms with van der Waals surface area (Å²) in [5.41, 5.74) is 8.19. The van der Waals surface area contributed by atoms with E-state index < -0.39 is 24.1 Å². The van der Waals surface area contributed by atoms with E-state index in [1.54, 1.807) is 13.8 Å². The molecule has 28 heavy (non-hydrogen) atoms. The number of nitrogens with one attached hydrogen (secondary N) is 3. The summed E-state index contributed by atoms with van der Waals surface area (Å²) < 4.78 is 34.8. The molecule has 2 saturated heterocycles. The summed E-state index contributed by atoms with van der Waals surface area (Å²) in [7, 11) is 0. The number of likely N-dealkylation sites (tertiary alicyclic amines) is 1. The van der Waals surface area contributed by atoms with Crippen molar-refractivity contribution in [3.8, 4) is 0 Å². The molecular weight excluding hydrogens is 366 g/mol. The number of carbonyl (C=O) groups is 1. The van der Waals surface area contributed by atoms with Gasteiger partial charge in [0.2, 0.25) is 5.91 Å². The normalized spacial score (nSPS) is 32.8. The van der Waals surface area contributed by atoms with Crippen molar-refractivity contribution in [2.75, 3.05) is 19.6 Å². The van der Waals surface area contributed by atoms with Gasteiger partial charge >= 0.3 is 0 Å². The van der Waals surface area contributed by atoms with E-state index >= 15 is 0 Å².